The molecular formula is C17H23N5O3. The molecule has 0 saturated carbocycles. The molecule has 1 saturated heterocycles. The number of rotatable bonds is 6. The van der Waals surface area contributed by atoms with Crippen molar-refractivity contribution in [3.05, 3.63) is 35.9 Å². The fourth-order valence-corrected chi connectivity index (χ4v) is 2.72. The van der Waals surface area contributed by atoms with Crippen LogP contribution >= 0.6 is 0 Å². The van der Waals surface area contributed by atoms with Crippen molar-refractivity contribution in [2.45, 2.75) is 38.8 Å². The summed E-state index contributed by atoms with van der Waals surface area (Å²) in [6.45, 7) is 7.71. The van der Waals surface area contributed by atoms with Gasteiger partial charge in [-0.2, -0.15) is 0 Å². The number of ether oxygens (including phenoxy) is 2. The molecule has 0 radical (unpaired) electrons. The van der Waals surface area contributed by atoms with Crippen molar-refractivity contribution in [3.8, 4) is 0 Å². The van der Waals surface area contributed by atoms with E-state index >= 15 is 0 Å². The van der Waals surface area contributed by atoms with Crippen LogP contribution in [0.2, 0.25) is 0 Å². The van der Waals surface area contributed by atoms with Crippen LogP contribution in [-0.4, -0.2) is 51.8 Å². The van der Waals surface area contributed by atoms with E-state index in [0.29, 0.717) is 31.4 Å². The van der Waals surface area contributed by atoms with E-state index in [-0.39, 0.29) is 23.7 Å². The molecule has 0 aliphatic carbocycles. The van der Waals surface area contributed by atoms with Gasteiger partial charge in [0, 0.05) is 12.8 Å². The second-order valence-electron chi connectivity index (χ2n) is 6.30. The molecule has 2 aromatic rings. The zero-order chi connectivity index (χ0) is 17.8. The van der Waals surface area contributed by atoms with Crippen molar-refractivity contribution >= 4 is 11.6 Å². The van der Waals surface area contributed by atoms with Crippen LogP contribution in [0.5, 0.6) is 0 Å². The summed E-state index contributed by atoms with van der Waals surface area (Å²) in [4.78, 5) is 16.6. The molecule has 25 heavy (non-hydrogen) atoms. The largest absolute Gasteiger partial charge is 0.376 e. The molecule has 1 N–H and O–H groups in total. The molecule has 134 valence electrons. The third-order valence-corrected chi connectivity index (χ3v) is 4.15. The van der Waals surface area contributed by atoms with Crippen molar-refractivity contribution in [1.29, 1.82) is 0 Å². The number of nitrogens with zero attached hydrogens (tertiary/aromatic N) is 4. The Hall–Kier alpha value is -2.32. The standard InChI is InChI=1S/C17H23N5O3/c1-4-25-16-10-24-9-15(16)22-8-14(20-21-22)17(23)19-13-5-12(11(2)3)6-18-7-13/h5-8,11,15-16H,4,9-10H2,1-3H3,(H,19,23)/t15-,16-/m1/s1. The van der Waals surface area contributed by atoms with Gasteiger partial charge in [0.25, 0.3) is 5.91 Å². The van der Waals surface area contributed by atoms with E-state index in [9.17, 15) is 4.79 Å². The van der Waals surface area contributed by atoms with Crippen molar-refractivity contribution in [2.75, 3.05) is 25.1 Å². The fourth-order valence-electron chi connectivity index (χ4n) is 2.72. The Labute approximate surface area is 146 Å². The number of pyridine rings is 1. The van der Waals surface area contributed by atoms with Gasteiger partial charge in [-0.3, -0.25) is 9.78 Å². The highest BCUT2D eigenvalue weighted by Crippen LogP contribution is 2.22. The molecule has 8 heteroatoms. The first-order valence-corrected chi connectivity index (χ1v) is 8.46. The average Bonchev–Trinajstić information content (AvgIpc) is 3.24. The predicted octanol–water partition coefficient (Wildman–Crippen LogP) is 2.03. The Morgan fingerprint density at radius 2 is 2.28 bits per heavy atom. The van der Waals surface area contributed by atoms with E-state index < -0.39 is 0 Å². The Balaban J connectivity index is 1.69. The Kier molecular flexibility index (Phi) is 5.40. The van der Waals surface area contributed by atoms with Gasteiger partial charge in [0.2, 0.25) is 0 Å². The first kappa shape index (κ1) is 17.5. The minimum Gasteiger partial charge on any atom is -0.376 e. The predicted molar refractivity (Wildman–Crippen MR) is 91.6 cm³/mol. The quantitative estimate of drug-likeness (QED) is 0.861. The maximum atomic E-state index is 12.4. The van der Waals surface area contributed by atoms with Crippen LogP contribution in [0, 0.1) is 0 Å². The summed E-state index contributed by atoms with van der Waals surface area (Å²) in [5, 5.41) is 10.9. The molecule has 1 fully saturated rings. The van der Waals surface area contributed by atoms with Gasteiger partial charge in [0.05, 0.1) is 31.3 Å². The van der Waals surface area contributed by atoms with E-state index in [2.05, 4.69) is 34.5 Å². The van der Waals surface area contributed by atoms with Crippen LogP contribution in [-0.2, 0) is 9.47 Å². The highest BCUT2D eigenvalue weighted by molar-refractivity contribution is 6.02. The topological polar surface area (TPSA) is 91.2 Å². The van der Waals surface area contributed by atoms with Crippen LogP contribution in [0.4, 0.5) is 5.69 Å². The summed E-state index contributed by atoms with van der Waals surface area (Å²) in [7, 11) is 0. The second kappa shape index (κ2) is 7.71. The van der Waals surface area contributed by atoms with Gasteiger partial charge < -0.3 is 14.8 Å². The van der Waals surface area contributed by atoms with Gasteiger partial charge in [0.15, 0.2) is 5.69 Å². The lowest BCUT2D eigenvalue weighted by Gasteiger charge is -2.16. The van der Waals surface area contributed by atoms with Crippen LogP contribution < -0.4 is 5.32 Å². The Morgan fingerprint density at radius 3 is 3.04 bits per heavy atom. The number of amides is 1. The van der Waals surface area contributed by atoms with Gasteiger partial charge >= 0.3 is 0 Å². The van der Waals surface area contributed by atoms with E-state index in [4.69, 9.17) is 9.47 Å². The number of aromatic nitrogens is 4. The van der Waals surface area contributed by atoms with Crippen LogP contribution in [0.3, 0.4) is 0 Å². The molecule has 1 aliphatic heterocycles. The molecule has 0 bridgehead atoms. The first-order chi connectivity index (χ1) is 12.1. The smallest absolute Gasteiger partial charge is 0.277 e. The molecule has 3 rings (SSSR count). The number of hydrogen-bond donors (Lipinski definition) is 1. The molecule has 3 heterocycles. The number of carbonyl (C=O) groups excluding carboxylic acids is 1. The van der Waals surface area contributed by atoms with E-state index in [1.165, 1.54) is 0 Å². The van der Waals surface area contributed by atoms with Gasteiger partial charge in [-0.15, -0.1) is 5.10 Å². The molecular weight excluding hydrogens is 322 g/mol. The van der Waals surface area contributed by atoms with Crippen molar-refractivity contribution in [1.82, 2.24) is 20.0 Å². The van der Waals surface area contributed by atoms with E-state index in [1.807, 2.05) is 13.0 Å². The SMILES string of the molecule is CCO[C@@H]1COC[C@H]1n1cc(C(=O)Nc2cncc(C(C)C)c2)nn1. The van der Waals surface area contributed by atoms with Crippen molar-refractivity contribution in [2.24, 2.45) is 0 Å². The molecule has 0 aromatic carbocycles. The lowest BCUT2D eigenvalue weighted by Crippen LogP contribution is -2.26. The van der Waals surface area contributed by atoms with E-state index in [1.54, 1.807) is 23.3 Å². The molecule has 8 nitrogen and oxygen atoms in total. The summed E-state index contributed by atoms with van der Waals surface area (Å²) in [6.07, 6.45) is 4.96. The normalized spacial score (nSPS) is 20.2. The highest BCUT2D eigenvalue weighted by Gasteiger charge is 2.31. The molecule has 2 aromatic heterocycles. The molecule has 2 atom stereocenters. The van der Waals surface area contributed by atoms with Gasteiger partial charge in [-0.1, -0.05) is 19.1 Å². The minimum atomic E-state index is -0.319. The average molecular weight is 345 g/mol. The summed E-state index contributed by atoms with van der Waals surface area (Å²) in [5.41, 5.74) is 1.95. The van der Waals surface area contributed by atoms with Crippen LogP contribution in [0.1, 0.15) is 48.8 Å². The van der Waals surface area contributed by atoms with Crippen LogP contribution in [0.25, 0.3) is 0 Å². The third kappa shape index (κ3) is 4.02. The Morgan fingerprint density at radius 1 is 1.44 bits per heavy atom. The summed E-state index contributed by atoms with van der Waals surface area (Å²) in [5.74, 6) is 0.0175. The van der Waals surface area contributed by atoms with Crippen molar-refractivity contribution in [3.63, 3.8) is 0 Å². The summed E-state index contributed by atoms with van der Waals surface area (Å²) in [6, 6.07) is 1.84. The van der Waals surface area contributed by atoms with Gasteiger partial charge in [0.1, 0.15) is 12.1 Å². The monoisotopic (exact) mass is 345 g/mol. The van der Waals surface area contributed by atoms with Gasteiger partial charge in [-0.25, -0.2) is 4.68 Å². The zero-order valence-corrected chi connectivity index (χ0v) is 14.7. The number of carbonyl (C=O) groups is 1. The van der Waals surface area contributed by atoms with Crippen molar-refractivity contribution < 1.29 is 14.3 Å². The highest BCUT2D eigenvalue weighted by atomic mass is 16.5. The lowest BCUT2D eigenvalue weighted by atomic mass is 10.1. The number of hydrogen-bond acceptors (Lipinski definition) is 6. The second-order valence-corrected chi connectivity index (χ2v) is 6.30. The maximum Gasteiger partial charge on any atom is 0.277 e. The fraction of sp³-hybridized carbons (Fsp3) is 0.529. The summed E-state index contributed by atoms with van der Waals surface area (Å²) < 4.78 is 12.7. The summed E-state index contributed by atoms with van der Waals surface area (Å²) >= 11 is 0. The minimum absolute atomic E-state index is 0.0695. The number of nitrogens with one attached hydrogen (secondary N) is 1. The molecule has 0 spiro atoms. The third-order valence-electron chi connectivity index (χ3n) is 4.15. The Bertz CT molecular complexity index is 731. The number of anilines is 1. The molecule has 1 aliphatic rings. The van der Waals surface area contributed by atoms with E-state index in [0.717, 1.165) is 5.56 Å². The lowest BCUT2D eigenvalue weighted by molar-refractivity contribution is 0.0340. The maximum absolute atomic E-state index is 12.4. The molecule has 1 amide bonds. The van der Waals surface area contributed by atoms with Gasteiger partial charge in [-0.05, 0) is 24.5 Å². The first-order valence-electron chi connectivity index (χ1n) is 8.46. The molecule has 0 unspecified atom stereocenters. The van der Waals surface area contributed by atoms with Crippen LogP contribution in [0.15, 0.2) is 24.7 Å². The zero-order valence-electron chi connectivity index (χ0n) is 14.7.